The van der Waals surface area contributed by atoms with Gasteiger partial charge in [-0.05, 0) is 66.8 Å². The third-order valence-corrected chi connectivity index (χ3v) is 7.29. The monoisotopic (exact) mass is 517 g/mol. The molecule has 190 valence electrons. The van der Waals surface area contributed by atoms with Gasteiger partial charge in [-0.2, -0.15) is 0 Å². The van der Waals surface area contributed by atoms with Crippen LogP contribution in [0, 0.1) is 0 Å². The number of rotatable bonds is 7. The van der Waals surface area contributed by atoms with Crippen LogP contribution in [0.2, 0.25) is 0 Å². The second kappa shape index (κ2) is 11.1. The van der Waals surface area contributed by atoms with Crippen LogP contribution in [0.25, 0.3) is 43.1 Å². The normalized spacial score (nSPS) is 11.2. The summed E-state index contributed by atoms with van der Waals surface area (Å²) in [5.74, 6) is -0.274. The number of hydrogen-bond acceptors (Lipinski definition) is 4. The van der Waals surface area contributed by atoms with E-state index in [-0.39, 0.29) is 12.5 Å². The van der Waals surface area contributed by atoms with Gasteiger partial charge in [0.25, 0.3) is 0 Å². The van der Waals surface area contributed by atoms with Crippen LogP contribution in [0.5, 0.6) is 0 Å². The molecule has 0 aliphatic heterocycles. The predicted molar refractivity (Wildman–Crippen MR) is 160 cm³/mol. The van der Waals surface area contributed by atoms with E-state index in [1.807, 2.05) is 44.2 Å². The van der Waals surface area contributed by atoms with E-state index in [0.29, 0.717) is 0 Å². The minimum absolute atomic E-state index is 0.119. The Bertz CT molecular complexity index is 1480. The molecule has 3 nitrogen and oxygen atoms in total. The number of hydrogen-bond donors (Lipinski definition) is 1. The van der Waals surface area contributed by atoms with Crippen LogP contribution in [0.4, 0.5) is 5.69 Å². The summed E-state index contributed by atoms with van der Waals surface area (Å²) in [6.45, 7) is 5.74. The van der Waals surface area contributed by atoms with Crippen molar-refractivity contribution in [3.05, 3.63) is 115 Å². The van der Waals surface area contributed by atoms with Gasteiger partial charge < -0.3 is 10.1 Å². The predicted octanol–water partition coefficient (Wildman–Crippen LogP) is 9.17. The fourth-order valence-corrected chi connectivity index (χ4v) is 5.68. The molecule has 0 spiro atoms. The summed E-state index contributed by atoms with van der Waals surface area (Å²) in [6.07, 6.45) is 0. The van der Waals surface area contributed by atoms with Crippen molar-refractivity contribution in [2.24, 2.45) is 0 Å². The summed E-state index contributed by atoms with van der Waals surface area (Å²) < 4.78 is 5.44. The maximum absolute atomic E-state index is 12.2. The first-order valence-electron chi connectivity index (χ1n) is 12.8. The fraction of sp³-hybridized carbons (Fsp3) is 0.147. The van der Waals surface area contributed by atoms with Gasteiger partial charge in [-0.25, -0.2) is 0 Å². The largest absolute Gasteiger partial charge is 0.459 e. The number of thiophene rings is 1. The summed E-state index contributed by atoms with van der Waals surface area (Å²) in [4.78, 5) is 14.7. The van der Waals surface area contributed by atoms with Crippen LogP contribution in [0.15, 0.2) is 115 Å². The third kappa shape index (κ3) is 6.04. The van der Waals surface area contributed by atoms with E-state index >= 15 is 0 Å². The minimum Gasteiger partial charge on any atom is -0.459 e. The van der Waals surface area contributed by atoms with Crippen molar-refractivity contribution in [2.75, 3.05) is 11.9 Å². The van der Waals surface area contributed by atoms with Gasteiger partial charge in [0.1, 0.15) is 12.1 Å². The Hall–Kier alpha value is -4.15. The smallest absolute Gasteiger partial charge is 0.325 e. The number of benzene rings is 4. The molecule has 1 heterocycles. The molecule has 5 rings (SSSR count). The molecular weight excluding hydrogens is 486 g/mol. The maximum atomic E-state index is 12.2. The van der Waals surface area contributed by atoms with E-state index < -0.39 is 5.60 Å². The van der Waals surface area contributed by atoms with Crippen molar-refractivity contribution >= 4 is 23.0 Å². The molecule has 1 N–H and O–H groups in total. The highest BCUT2D eigenvalue weighted by atomic mass is 32.1. The number of esters is 1. The second-order valence-corrected chi connectivity index (χ2v) is 11.2. The lowest BCUT2D eigenvalue weighted by atomic mass is 9.96. The van der Waals surface area contributed by atoms with Crippen LogP contribution in [-0.4, -0.2) is 18.1 Å². The van der Waals surface area contributed by atoms with Crippen molar-refractivity contribution in [2.45, 2.75) is 26.4 Å². The highest BCUT2D eigenvalue weighted by molar-refractivity contribution is 7.19. The zero-order chi connectivity index (χ0) is 26.5. The second-order valence-electron chi connectivity index (χ2n) is 10.2. The maximum Gasteiger partial charge on any atom is 0.325 e. The lowest BCUT2D eigenvalue weighted by Crippen LogP contribution is -2.28. The van der Waals surface area contributed by atoms with Gasteiger partial charge >= 0.3 is 5.97 Å². The molecule has 0 saturated heterocycles. The standard InChI is InChI=1S/C34H31NO2S/c1-34(2,3)37-32(36)23-35-27-18-12-17-26(21-27)28-19-10-11-20-29(28)31-22-30(24-13-6-4-7-14-24)33(38-31)25-15-8-5-9-16-25/h4-22,35H,23H2,1-3H3. The Labute approximate surface area is 228 Å². The van der Waals surface area contributed by atoms with Gasteiger partial charge in [-0.15, -0.1) is 11.3 Å². The van der Waals surface area contributed by atoms with Gasteiger partial charge in [0.05, 0.1) is 0 Å². The molecule has 0 atom stereocenters. The molecule has 0 radical (unpaired) electrons. The molecule has 0 saturated carbocycles. The molecule has 0 fully saturated rings. The molecule has 4 aromatic carbocycles. The van der Waals surface area contributed by atoms with Crippen LogP contribution in [0.1, 0.15) is 20.8 Å². The quantitative estimate of drug-likeness (QED) is 0.219. The zero-order valence-corrected chi connectivity index (χ0v) is 22.7. The summed E-state index contributed by atoms with van der Waals surface area (Å²) in [6, 6.07) is 40.2. The summed E-state index contributed by atoms with van der Waals surface area (Å²) >= 11 is 1.82. The first kappa shape index (κ1) is 25.5. The fourth-order valence-electron chi connectivity index (χ4n) is 4.46. The summed E-state index contributed by atoms with van der Waals surface area (Å²) in [7, 11) is 0. The number of carbonyl (C=O) groups is 1. The van der Waals surface area contributed by atoms with Gasteiger partial charge in [0.2, 0.25) is 0 Å². The molecule has 0 bridgehead atoms. The van der Waals surface area contributed by atoms with Gasteiger partial charge in [0, 0.05) is 21.0 Å². The molecule has 0 aliphatic rings. The highest BCUT2D eigenvalue weighted by Gasteiger charge is 2.18. The molecule has 5 aromatic rings. The van der Waals surface area contributed by atoms with Gasteiger partial charge in [-0.3, -0.25) is 4.79 Å². The van der Waals surface area contributed by atoms with Crippen LogP contribution in [-0.2, 0) is 9.53 Å². The Morgan fingerprint density at radius 2 is 1.29 bits per heavy atom. The van der Waals surface area contributed by atoms with Crippen molar-refractivity contribution in [1.29, 1.82) is 0 Å². The van der Waals surface area contributed by atoms with Crippen molar-refractivity contribution < 1.29 is 9.53 Å². The Kier molecular flexibility index (Phi) is 7.43. The number of nitrogens with one attached hydrogen (secondary N) is 1. The van der Waals surface area contributed by atoms with Crippen molar-refractivity contribution in [1.82, 2.24) is 0 Å². The molecule has 0 amide bonds. The molecule has 0 unspecified atom stereocenters. The van der Waals surface area contributed by atoms with E-state index in [1.54, 1.807) is 0 Å². The van der Waals surface area contributed by atoms with E-state index in [0.717, 1.165) is 16.8 Å². The number of ether oxygens (including phenoxy) is 1. The Morgan fingerprint density at radius 3 is 1.97 bits per heavy atom. The lowest BCUT2D eigenvalue weighted by Gasteiger charge is -2.19. The van der Waals surface area contributed by atoms with E-state index in [4.69, 9.17) is 4.74 Å². The SMILES string of the molecule is CC(C)(C)OC(=O)CNc1cccc(-c2ccccc2-c2cc(-c3ccccc3)c(-c3ccccc3)s2)c1. The van der Waals surface area contributed by atoms with Gasteiger partial charge in [0.15, 0.2) is 0 Å². The molecule has 4 heteroatoms. The lowest BCUT2D eigenvalue weighted by molar-refractivity contribution is -0.152. The number of carbonyl (C=O) groups excluding carboxylic acids is 1. The average molecular weight is 518 g/mol. The molecule has 1 aromatic heterocycles. The first-order valence-corrected chi connectivity index (χ1v) is 13.6. The van der Waals surface area contributed by atoms with Crippen molar-refractivity contribution in [3.8, 4) is 43.1 Å². The zero-order valence-electron chi connectivity index (χ0n) is 21.9. The highest BCUT2D eigenvalue weighted by Crippen LogP contribution is 2.45. The molecular formula is C34H31NO2S. The van der Waals surface area contributed by atoms with Gasteiger partial charge in [-0.1, -0.05) is 97.1 Å². The van der Waals surface area contributed by atoms with Crippen molar-refractivity contribution in [3.63, 3.8) is 0 Å². The molecule has 38 heavy (non-hydrogen) atoms. The van der Waals surface area contributed by atoms with E-state index in [9.17, 15) is 4.79 Å². The average Bonchev–Trinajstić information content (AvgIpc) is 3.38. The minimum atomic E-state index is -0.503. The number of anilines is 1. The topological polar surface area (TPSA) is 38.3 Å². The summed E-state index contributed by atoms with van der Waals surface area (Å²) in [5.41, 5.74) is 7.45. The first-order chi connectivity index (χ1) is 18.4. The van der Waals surface area contributed by atoms with Crippen LogP contribution >= 0.6 is 11.3 Å². The Balaban J connectivity index is 1.51. The van der Waals surface area contributed by atoms with Crippen LogP contribution in [0.3, 0.4) is 0 Å². The third-order valence-electron chi connectivity index (χ3n) is 6.08. The van der Waals surface area contributed by atoms with Crippen LogP contribution < -0.4 is 5.32 Å². The summed E-state index contributed by atoms with van der Waals surface area (Å²) in [5, 5.41) is 3.22. The van der Waals surface area contributed by atoms with E-state index in [1.165, 1.54) is 32.0 Å². The molecule has 0 aliphatic carbocycles. The van der Waals surface area contributed by atoms with E-state index in [2.05, 4.69) is 108 Å². The Morgan fingerprint density at radius 1 is 0.684 bits per heavy atom.